The number of hydrogen-bond donors (Lipinski definition) is 1. The Kier molecular flexibility index (Phi) is 4.34. The van der Waals surface area contributed by atoms with E-state index in [9.17, 15) is 4.79 Å². The number of furan rings is 1. The topological polar surface area (TPSA) is 58.5 Å². The van der Waals surface area contributed by atoms with Crippen molar-refractivity contribution < 1.29 is 13.9 Å². The zero-order valence-electron chi connectivity index (χ0n) is 14.4. The first-order valence-corrected chi connectivity index (χ1v) is 8.01. The van der Waals surface area contributed by atoms with E-state index < -0.39 is 0 Å². The lowest BCUT2D eigenvalue weighted by Crippen LogP contribution is -2.36. The van der Waals surface area contributed by atoms with E-state index in [-0.39, 0.29) is 11.9 Å². The van der Waals surface area contributed by atoms with Crippen LogP contribution >= 0.6 is 0 Å². The highest BCUT2D eigenvalue weighted by Gasteiger charge is 2.22. The molecule has 0 aliphatic rings. The fourth-order valence-electron chi connectivity index (χ4n) is 2.73. The number of amides is 1. The average molecular weight is 326 g/mol. The van der Waals surface area contributed by atoms with Crippen LogP contribution in [0.15, 0.2) is 40.8 Å². The summed E-state index contributed by atoms with van der Waals surface area (Å²) in [6, 6.07) is 11.5. The highest BCUT2D eigenvalue weighted by atomic mass is 16.5. The minimum absolute atomic E-state index is 0.0470. The summed E-state index contributed by atoms with van der Waals surface area (Å²) < 4.78 is 10.9. The van der Waals surface area contributed by atoms with Gasteiger partial charge in [0.05, 0.1) is 13.7 Å². The van der Waals surface area contributed by atoms with Crippen molar-refractivity contribution in [1.82, 2.24) is 9.88 Å². The maximum atomic E-state index is 12.9. The number of aromatic amines is 1. The highest BCUT2D eigenvalue weighted by molar-refractivity contribution is 5.98. The van der Waals surface area contributed by atoms with E-state index in [1.165, 1.54) is 0 Å². The van der Waals surface area contributed by atoms with E-state index in [0.717, 1.165) is 28.2 Å². The zero-order valence-corrected chi connectivity index (χ0v) is 14.4. The van der Waals surface area contributed by atoms with Gasteiger partial charge >= 0.3 is 0 Å². The van der Waals surface area contributed by atoms with Crippen LogP contribution in [0.3, 0.4) is 0 Å². The first-order chi connectivity index (χ1) is 11.5. The van der Waals surface area contributed by atoms with E-state index >= 15 is 0 Å². The summed E-state index contributed by atoms with van der Waals surface area (Å²) in [4.78, 5) is 17.9. The molecule has 0 bridgehead atoms. The van der Waals surface area contributed by atoms with Gasteiger partial charge in [-0.15, -0.1) is 0 Å². The van der Waals surface area contributed by atoms with Crippen molar-refractivity contribution in [2.45, 2.75) is 33.4 Å². The maximum Gasteiger partial charge on any atom is 0.270 e. The summed E-state index contributed by atoms with van der Waals surface area (Å²) in [6.45, 7) is 6.35. The molecule has 2 aromatic heterocycles. The third kappa shape index (κ3) is 3.15. The average Bonchev–Trinajstić information content (AvgIpc) is 3.16. The molecule has 1 aromatic carbocycles. The molecule has 3 aromatic rings. The lowest BCUT2D eigenvalue weighted by molar-refractivity contribution is 0.0670. The largest absolute Gasteiger partial charge is 0.497 e. The molecule has 0 spiro atoms. The van der Waals surface area contributed by atoms with Gasteiger partial charge < -0.3 is 19.0 Å². The van der Waals surface area contributed by atoms with Crippen LogP contribution in [0.2, 0.25) is 0 Å². The number of aryl methyl sites for hydroxylation is 1. The number of ether oxygens (including phenoxy) is 1. The monoisotopic (exact) mass is 326 g/mol. The van der Waals surface area contributed by atoms with Gasteiger partial charge in [0.2, 0.25) is 0 Å². The van der Waals surface area contributed by atoms with E-state index in [1.54, 1.807) is 12.0 Å². The minimum atomic E-state index is -0.0470. The number of carbonyl (C=O) groups excluding carboxylic acids is 1. The molecular formula is C19H22N2O3. The molecule has 5 heteroatoms. The molecular weight excluding hydrogens is 304 g/mol. The number of rotatable bonds is 5. The SMILES string of the molecule is COc1ccc2cc(C(=O)N(Cc3ccc(C)o3)C(C)C)[nH]c2c1. The van der Waals surface area contributed by atoms with Crippen molar-refractivity contribution >= 4 is 16.8 Å². The van der Waals surface area contributed by atoms with Gasteiger partial charge in [-0.3, -0.25) is 4.79 Å². The summed E-state index contributed by atoms with van der Waals surface area (Å²) in [5.41, 5.74) is 1.45. The Morgan fingerprint density at radius 3 is 2.67 bits per heavy atom. The van der Waals surface area contributed by atoms with E-state index in [1.807, 2.05) is 57.2 Å². The van der Waals surface area contributed by atoms with Gasteiger partial charge in [0.15, 0.2) is 0 Å². The predicted octanol–water partition coefficient (Wildman–Crippen LogP) is 4.13. The highest BCUT2D eigenvalue weighted by Crippen LogP contribution is 2.23. The van der Waals surface area contributed by atoms with E-state index in [4.69, 9.17) is 9.15 Å². The second-order valence-corrected chi connectivity index (χ2v) is 6.18. The van der Waals surface area contributed by atoms with E-state index in [0.29, 0.717) is 12.2 Å². The molecule has 1 N–H and O–H groups in total. The Balaban J connectivity index is 1.89. The number of nitrogens with zero attached hydrogens (tertiary/aromatic N) is 1. The normalized spacial score (nSPS) is 11.2. The van der Waals surface area contributed by atoms with Gasteiger partial charge in [-0.2, -0.15) is 0 Å². The molecule has 0 fully saturated rings. The van der Waals surface area contributed by atoms with Crippen LogP contribution in [0.5, 0.6) is 5.75 Å². The molecule has 0 unspecified atom stereocenters. The standard InChI is InChI=1S/C19H22N2O3/c1-12(2)21(11-16-7-5-13(3)24-16)19(22)18-9-14-6-8-15(23-4)10-17(14)20-18/h5-10,12,20H,11H2,1-4H3. The van der Waals surface area contributed by atoms with Crippen molar-refractivity contribution in [3.05, 3.63) is 53.6 Å². The lowest BCUT2D eigenvalue weighted by Gasteiger charge is -2.25. The Morgan fingerprint density at radius 1 is 1.25 bits per heavy atom. The number of benzene rings is 1. The molecule has 0 saturated heterocycles. The molecule has 0 aliphatic heterocycles. The summed E-state index contributed by atoms with van der Waals surface area (Å²) in [6.07, 6.45) is 0. The van der Waals surface area contributed by atoms with Crippen LogP contribution in [0, 0.1) is 6.92 Å². The number of H-pyrrole nitrogens is 1. The van der Waals surface area contributed by atoms with Crippen LogP contribution in [0.1, 0.15) is 35.9 Å². The quantitative estimate of drug-likeness (QED) is 0.767. The van der Waals surface area contributed by atoms with Crippen molar-refractivity contribution in [2.75, 3.05) is 7.11 Å². The minimum Gasteiger partial charge on any atom is -0.497 e. The molecule has 0 atom stereocenters. The number of aromatic nitrogens is 1. The van der Waals surface area contributed by atoms with Gasteiger partial charge in [-0.05, 0) is 51.1 Å². The number of carbonyl (C=O) groups is 1. The first-order valence-electron chi connectivity index (χ1n) is 8.01. The van der Waals surface area contributed by atoms with Crippen molar-refractivity contribution in [3.63, 3.8) is 0 Å². The molecule has 3 rings (SSSR count). The van der Waals surface area contributed by atoms with Gasteiger partial charge in [0.1, 0.15) is 23.0 Å². The molecule has 0 aliphatic carbocycles. The summed E-state index contributed by atoms with van der Waals surface area (Å²) in [5.74, 6) is 2.34. The molecule has 2 heterocycles. The Hall–Kier alpha value is -2.69. The van der Waals surface area contributed by atoms with Crippen molar-refractivity contribution in [1.29, 1.82) is 0 Å². The number of hydrogen-bond acceptors (Lipinski definition) is 3. The second-order valence-electron chi connectivity index (χ2n) is 6.18. The number of nitrogens with one attached hydrogen (secondary N) is 1. The van der Waals surface area contributed by atoms with Crippen LogP contribution in [0.4, 0.5) is 0 Å². The molecule has 0 saturated carbocycles. The van der Waals surface area contributed by atoms with Gasteiger partial charge in [-0.1, -0.05) is 0 Å². The van der Waals surface area contributed by atoms with Gasteiger partial charge in [0, 0.05) is 23.0 Å². The van der Waals surface area contributed by atoms with Crippen LogP contribution in [-0.2, 0) is 6.54 Å². The maximum absolute atomic E-state index is 12.9. The fraction of sp³-hybridized carbons (Fsp3) is 0.316. The van der Waals surface area contributed by atoms with Crippen molar-refractivity contribution in [2.24, 2.45) is 0 Å². The molecule has 1 amide bonds. The smallest absolute Gasteiger partial charge is 0.270 e. The summed E-state index contributed by atoms with van der Waals surface area (Å²) in [5, 5.41) is 0.983. The summed E-state index contributed by atoms with van der Waals surface area (Å²) in [7, 11) is 1.63. The fourth-order valence-corrected chi connectivity index (χ4v) is 2.73. The Bertz CT molecular complexity index is 861. The summed E-state index contributed by atoms with van der Waals surface area (Å²) >= 11 is 0. The molecule has 5 nitrogen and oxygen atoms in total. The first kappa shape index (κ1) is 16.2. The second kappa shape index (κ2) is 6.43. The number of methoxy groups -OCH3 is 1. The number of fused-ring (bicyclic) bond motifs is 1. The molecule has 126 valence electrons. The Morgan fingerprint density at radius 2 is 2.04 bits per heavy atom. The third-order valence-corrected chi connectivity index (χ3v) is 4.07. The van der Waals surface area contributed by atoms with Crippen molar-refractivity contribution in [3.8, 4) is 5.75 Å². The Labute approximate surface area is 141 Å². The van der Waals surface area contributed by atoms with Crippen LogP contribution in [0.25, 0.3) is 10.9 Å². The van der Waals surface area contributed by atoms with Gasteiger partial charge in [-0.25, -0.2) is 0 Å². The zero-order chi connectivity index (χ0) is 17.3. The van der Waals surface area contributed by atoms with Crippen LogP contribution in [-0.4, -0.2) is 28.9 Å². The molecule has 0 radical (unpaired) electrons. The van der Waals surface area contributed by atoms with E-state index in [2.05, 4.69) is 4.98 Å². The van der Waals surface area contributed by atoms with Gasteiger partial charge in [0.25, 0.3) is 5.91 Å². The predicted molar refractivity (Wildman–Crippen MR) is 93.3 cm³/mol. The van der Waals surface area contributed by atoms with Crippen LogP contribution < -0.4 is 4.74 Å². The lowest BCUT2D eigenvalue weighted by atomic mass is 10.2. The molecule has 24 heavy (non-hydrogen) atoms. The third-order valence-electron chi connectivity index (χ3n) is 4.07.